The van der Waals surface area contributed by atoms with E-state index in [2.05, 4.69) is 344 Å². The van der Waals surface area contributed by atoms with Gasteiger partial charge in [-0.1, -0.05) is 261 Å². The molecule has 0 amide bonds. The molecule has 15 aromatic carbocycles. The van der Waals surface area contributed by atoms with Gasteiger partial charge in [-0.2, -0.15) is 0 Å². The molecule has 0 aliphatic rings. The van der Waals surface area contributed by atoms with E-state index in [1.807, 2.05) is 18.2 Å². The lowest BCUT2D eigenvalue weighted by molar-refractivity contribution is 1.31. The van der Waals surface area contributed by atoms with Crippen LogP contribution in [0, 0.1) is 0 Å². The molecule has 0 bridgehead atoms. The van der Waals surface area contributed by atoms with Crippen molar-refractivity contribution in [3.63, 3.8) is 0 Å². The third-order valence-electron chi connectivity index (χ3n) is 15.0. The fourth-order valence-corrected chi connectivity index (χ4v) is 12.7. The van der Waals surface area contributed by atoms with Crippen LogP contribution >= 0.6 is 31.9 Å². The van der Waals surface area contributed by atoms with E-state index in [0.717, 1.165) is 34.1 Å². The zero-order chi connectivity index (χ0) is 54.5. The number of rotatable bonds is 8. The maximum absolute atomic E-state index is 3.70. The van der Waals surface area contributed by atoms with Crippen LogP contribution in [-0.4, -0.2) is 0 Å². The molecule has 0 saturated heterocycles. The van der Waals surface area contributed by atoms with Crippen molar-refractivity contribution < 1.29 is 0 Å². The summed E-state index contributed by atoms with van der Waals surface area (Å²) in [5, 5.41) is 20.5. The molecule has 386 valence electrons. The van der Waals surface area contributed by atoms with Gasteiger partial charge in [0.05, 0.1) is 22.7 Å². The second-order valence-electron chi connectivity index (χ2n) is 19.9. The fourth-order valence-electron chi connectivity index (χ4n) is 11.3. The number of nitrogens with zero attached hydrogens (tertiary/aromatic N) is 2. The molecule has 0 spiro atoms. The van der Waals surface area contributed by atoms with Crippen LogP contribution in [0.3, 0.4) is 0 Å². The highest BCUT2D eigenvalue weighted by Crippen LogP contribution is 2.52. The lowest BCUT2D eigenvalue weighted by Gasteiger charge is -2.33. The van der Waals surface area contributed by atoms with Crippen LogP contribution < -0.4 is 15.1 Å². The smallest absolute Gasteiger partial charge is 0.0620 e. The Bertz CT molecular complexity index is 4350. The summed E-state index contributed by atoms with van der Waals surface area (Å²) < 4.78 is 2.34. The fraction of sp³-hybridized carbons (Fsp3) is 0. The minimum absolute atomic E-state index is 1.11. The average Bonchev–Trinajstić information content (AvgIpc) is 3.73. The summed E-state index contributed by atoms with van der Waals surface area (Å²) in [6.07, 6.45) is 0. The minimum atomic E-state index is 1.11. The molecular weight excluding hydrogens is 1110 g/mol. The van der Waals surface area contributed by atoms with Crippen LogP contribution in [0.4, 0.5) is 45.5 Å². The van der Waals surface area contributed by atoms with Crippen molar-refractivity contribution in [3.8, 4) is 0 Å². The monoisotopic (exact) mass is 1170 g/mol. The third kappa shape index (κ3) is 10.0. The van der Waals surface area contributed by atoms with Gasteiger partial charge in [0.2, 0.25) is 0 Å². The van der Waals surface area contributed by atoms with Gasteiger partial charge in [0.1, 0.15) is 0 Å². The van der Waals surface area contributed by atoms with Gasteiger partial charge < -0.3 is 15.1 Å². The van der Waals surface area contributed by atoms with Gasteiger partial charge in [-0.3, -0.25) is 0 Å². The number of nitrogens with one attached hydrogen (secondary N) is 1. The molecule has 0 aromatic heterocycles. The molecule has 0 aliphatic heterocycles. The van der Waals surface area contributed by atoms with Crippen LogP contribution in [0.2, 0.25) is 0 Å². The Morgan fingerprint density at radius 1 is 0.222 bits per heavy atom. The average molecular weight is 1170 g/mol. The third-order valence-corrected chi connectivity index (χ3v) is 16.7. The first-order valence-electron chi connectivity index (χ1n) is 27.2. The largest absolute Gasteiger partial charge is 0.355 e. The summed E-state index contributed by atoms with van der Waals surface area (Å²) in [5.41, 5.74) is 9.12. The zero-order valence-electron chi connectivity index (χ0n) is 44.2. The van der Waals surface area contributed by atoms with Gasteiger partial charge in [0, 0.05) is 69.4 Å². The van der Waals surface area contributed by atoms with Crippen LogP contribution in [0.15, 0.2) is 324 Å². The summed E-state index contributed by atoms with van der Waals surface area (Å²) in [6, 6.07) is 112. The van der Waals surface area contributed by atoms with E-state index >= 15 is 0 Å². The number of benzene rings is 15. The molecule has 0 aliphatic carbocycles. The maximum atomic E-state index is 3.70. The molecule has 15 aromatic rings. The predicted octanol–water partition coefficient (Wildman–Crippen LogP) is 23.3. The maximum Gasteiger partial charge on any atom is 0.0620 e. The Kier molecular flexibility index (Phi) is 14.5. The first-order valence-corrected chi connectivity index (χ1v) is 28.8. The molecule has 0 fully saturated rings. The van der Waals surface area contributed by atoms with E-state index in [-0.39, 0.29) is 0 Å². The lowest BCUT2D eigenvalue weighted by Crippen LogP contribution is -2.15. The van der Waals surface area contributed by atoms with E-state index in [1.54, 1.807) is 0 Å². The highest BCUT2D eigenvalue weighted by Gasteiger charge is 2.26. The van der Waals surface area contributed by atoms with Gasteiger partial charge in [-0.15, -0.1) is 0 Å². The normalized spacial score (nSPS) is 11.1. The van der Waals surface area contributed by atoms with E-state index in [9.17, 15) is 0 Å². The van der Waals surface area contributed by atoms with E-state index in [1.165, 1.54) is 95.7 Å². The Labute approximate surface area is 488 Å². The summed E-state index contributed by atoms with van der Waals surface area (Å²) >= 11 is 7.39. The highest BCUT2D eigenvalue weighted by atomic mass is 79.9. The second-order valence-corrected chi connectivity index (χ2v) is 21.4. The molecule has 81 heavy (non-hydrogen) atoms. The molecule has 0 heterocycles. The number of fused-ring (bicyclic) bond motifs is 7. The molecule has 5 heteroatoms. The molecule has 0 atom stereocenters. The van der Waals surface area contributed by atoms with Crippen molar-refractivity contribution >= 4 is 153 Å². The van der Waals surface area contributed by atoms with E-state index in [0.29, 0.717) is 0 Å². The molecule has 15 rings (SSSR count). The van der Waals surface area contributed by atoms with Crippen molar-refractivity contribution in [3.05, 3.63) is 324 Å². The van der Waals surface area contributed by atoms with Crippen molar-refractivity contribution in [2.45, 2.75) is 0 Å². The Morgan fingerprint density at radius 2 is 0.494 bits per heavy atom. The van der Waals surface area contributed by atoms with Gasteiger partial charge in [-0.25, -0.2) is 0 Å². The first-order chi connectivity index (χ1) is 40.1. The molecule has 3 nitrogen and oxygen atoms in total. The Balaban J connectivity index is 0.000000151. The van der Waals surface area contributed by atoms with Gasteiger partial charge in [0.25, 0.3) is 0 Å². The standard InChI is InChI=1S/C46H32N2.C16H13N.C14H8Br2/c1-3-21-35(22-4-1)47(43-31-15-19-33-17-7-9-25-37(33)43)45-39-27-11-13-29-41(39)46(42-30-14-12-28-40(42)45)48(36-23-5-2-6-24-36)44-32-16-20-34-18-8-10-26-38(34)44;1-2-9-14(10-3-1)17-16-12-6-8-13-7-4-5-11-15(13)16;15-13-9-5-1-2-6-10(9)14(16)12-8-4-3-7-11(12)13/h1-32H;1-12,17H;1-8H. The van der Waals surface area contributed by atoms with Gasteiger partial charge in [0.15, 0.2) is 0 Å². The number of hydrogen-bond acceptors (Lipinski definition) is 3. The summed E-state index contributed by atoms with van der Waals surface area (Å²) in [6.45, 7) is 0. The molecule has 1 N–H and O–H groups in total. The van der Waals surface area contributed by atoms with Crippen LogP contribution in [0.25, 0.3) is 75.4 Å². The van der Waals surface area contributed by atoms with Gasteiger partial charge >= 0.3 is 0 Å². The zero-order valence-corrected chi connectivity index (χ0v) is 47.3. The molecular formula is C76H53Br2N3. The predicted molar refractivity (Wildman–Crippen MR) is 356 cm³/mol. The first kappa shape index (κ1) is 51.0. The van der Waals surface area contributed by atoms with Crippen molar-refractivity contribution in [2.75, 3.05) is 15.1 Å². The topological polar surface area (TPSA) is 18.5 Å². The van der Waals surface area contributed by atoms with E-state index < -0.39 is 0 Å². The molecule has 0 saturated carbocycles. The highest BCUT2D eigenvalue weighted by molar-refractivity contribution is 9.11. The van der Waals surface area contributed by atoms with Crippen LogP contribution in [0.5, 0.6) is 0 Å². The van der Waals surface area contributed by atoms with Gasteiger partial charge in [-0.05, 0) is 124 Å². The number of hydrogen-bond donors (Lipinski definition) is 1. The lowest BCUT2D eigenvalue weighted by atomic mass is 9.94. The molecule has 0 radical (unpaired) electrons. The summed E-state index contributed by atoms with van der Waals surface area (Å²) in [4.78, 5) is 4.92. The minimum Gasteiger partial charge on any atom is -0.355 e. The van der Waals surface area contributed by atoms with Crippen LogP contribution in [-0.2, 0) is 0 Å². The second kappa shape index (κ2) is 23.1. The van der Waals surface area contributed by atoms with Crippen LogP contribution in [0.1, 0.15) is 0 Å². The SMILES string of the molecule is Brc1c2ccccc2c(Br)c2ccccc12.c1ccc(N(c2cccc3ccccc23)c2c3ccccc3c(N(c3ccccc3)c3cccc4ccccc34)c3ccccc23)cc1.c1ccc(Nc2cccc3ccccc23)cc1. The Morgan fingerprint density at radius 3 is 0.877 bits per heavy atom. The van der Waals surface area contributed by atoms with E-state index in [4.69, 9.17) is 0 Å². The summed E-state index contributed by atoms with van der Waals surface area (Å²) in [5.74, 6) is 0. The number of para-hydroxylation sites is 3. The van der Waals surface area contributed by atoms with Crippen molar-refractivity contribution in [1.29, 1.82) is 0 Å². The quantitative estimate of drug-likeness (QED) is 0.121. The van der Waals surface area contributed by atoms with Crippen molar-refractivity contribution in [1.82, 2.24) is 0 Å². The van der Waals surface area contributed by atoms with Crippen molar-refractivity contribution in [2.24, 2.45) is 0 Å². The number of anilines is 8. The molecule has 0 unspecified atom stereocenters. The Hall–Kier alpha value is -9.52. The number of halogens is 2. The summed E-state index contributed by atoms with van der Waals surface area (Å²) in [7, 11) is 0.